The molecule has 0 aromatic heterocycles. The highest BCUT2D eigenvalue weighted by molar-refractivity contribution is 7.39. The van der Waals surface area contributed by atoms with Crippen LogP contribution in [0.25, 0.3) is 0 Å². The van der Waals surface area contributed by atoms with Gasteiger partial charge in [0.05, 0.1) is 22.9 Å². The average molecular weight is 423 g/mol. The normalized spacial score (nSPS) is 23.8. The van der Waals surface area contributed by atoms with Crippen molar-refractivity contribution in [1.29, 1.82) is 0 Å². The highest BCUT2D eigenvalue weighted by Crippen LogP contribution is 2.50. The first kappa shape index (κ1) is 20.5. The van der Waals surface area contributed by atoms with Gasteiger partial charge in [-0.1, -0.05) is 88.3 Å². The van der Waals surface area contributed by atoms with Gasteiger partial charge in [-0.15, -0.1) is 0 Å². The molecule has 4 atom stereocenters. The third-order valence-electron chi connectivity index (χ3n) is 6.46. The maximum atomic E-state index is 6.25. The zero-order valence-corrected chi connectivity index (χ0v) is 18.8. The van der Waals surface area contributed by atoms with Crippen LogP contribution in [0.15, 0.2) is 83.9 Å². The van der Waals surface area contributed by atoms with Crippen molar-refractivity contribution in [2.45, 2.75) is 37.5 Å². The topological polar surface area (TPSA) is 27.6 Å². The Morgan fingerprint density at radius 2 is 1.61 bits per heavy atom. The number of para-hydroxylation sites is 1. The van der Waals surface area contributed by atoms with E-state index in [1.54, 1.807) is 0 Å². The summed E-state index contributed by atoms with van der Waals surface area (Å²) in [4.78, 5) is 7.24. The van der Waals surface area contributed by atoms with Crippen LogP contribution in [0, 0.1) is 0 Å². The summed E-state index contributed by atoms with van der Waals surface area (Å²) in [5, 5.41) is 3.84. The van der Waals surface area contributed by atoms with Crippen LogP contribution < -0.4 is 5.32 Å². The minimum atomic E-state index is 0.432. The Morgan fingerprint density at radius 3 is 2.29 bits per heavy atom. The van der Waals surface area contributed by atoms with Crippen LogP contribution in [0.5, 0.6) is 0 Å². The molecule has 0 aliphatic carbocycles. The summed E-state index contributed by atoms with van der Waals surface area (Å²) >= 11 is 0. The minimum Gasteiger partial charge on any atom is -0.376 e. The zero-order chi connectivity index (χ0) is 21.2. The van der Waals surface area contributed by atoms with Crippen molar-refractivity contribution in [3.8, 4) is 0 Å². The Hall–Kier alpha value is -2.42. The largest absolute Gasteiger partial charge is 0.376 e. The van der Waals surface area contributed by atoms with Gasteiger partial charge in [0.1, 0.15) is 0 Å². The molecule has 0 bridgehead atoms. The van der Waals surface area contributed by atoms with E-state index in [9.17, 15) is 0 Å². The first-order chi connectivity index (χ1) is 15.2. The first-order valence-electron chi connectivity index (χ1n) is 11.0. The Labute approximate surface area is 188 Å². The van der Waals surface area contributed by atoms with Crippen LogP contribution in [0.3, 0.4) is 0 Å². The predicted octanol–water partition coefficient (Wildman–Crippen LogP) is 5.89. The van der Waals surface area contributed by atoms with Crippen LogP contribution in [0.1, 0.15) is 42.4 Å². The molecule has 5 heteroatoms. The van der Waals surface area contributed by atoms with E-state index in [2.05, 4.69) is 79.0 Å². The quantitative estimate of drug-likeness (QED) is 0.323. The summed E-state index contributed by atoms with van der Waals surface area (Å²) < 4.78 is 0. The molecular weight excluding hydrogens is 396 g/mol. The van der Waals surface area contributed by atoms with Crippen molar-refractivity contribution in [3.05, 3.63) is 95.6 Å². The lowest BCUT2D eigenvalue weighted by atomic mass is 9.93. The highest BCUT2D eigenvalue weighted by Gasteiger charge is 2.35. The molecule has 2 heterocycles. The molecule has 1 fully saturated rings. The van der Waals surface area contributed by atoms with Gasteiger partial charge in [-0.3, -0.25) is 0 Å². The van der Waals surface area contributed by atoms with Gasteiger partial charge in [0.15, 0.2) is 7.98 Å². The third kappa shape index (κ3) is 4.20. The van der Waals surface area contributed by atoms with Crippen molar-refractivity contribution in [2.75, 3.05) is 11.6 Å². The van der Waals surface area contributed by atoms with Crippen molar-refractivity contribution in [3.63, 3.8) is 0 Å². The number of anilines is 1. The highest BCUT2D eigenvalue weighted by atomic mass is 31.1. The second-order valence-corrected chi connectivity index (χ2v) is 9.81. The van der Waals surface area contributed by atoms with Gasteiger partial charge in [-0.05, 0) is 30.5 Å². The average Bonchev–Trinajstić information content (AvgIpc) is 3.17. The van der Waals surface area contributed by atoms with Crippen LogP contribution in [0.4, 0.5) is 11.4 Å². The fraction of sp³-hybridized carbons (Fsp3) is 0.269. The molecule has 2 aliphatic rings. The molecule has 2 radical (unpaired) electrons. The molecule has 2 unspecified atom stereocenters. The molecule has 5 rings (SSSR count). The standard InChI is InChI=1S/C26H27BN3P/c1-18-15-16-22-21-13-8-14-23(25(21)29-26(22)31-17-30(18)27)28-24(19-9-4-2-5-10-19)20-11-6-3-7-12-20/h2-14,18,22,26,29,31H,15-17H2,1H3/t18?,22-,26-/m0/s1. The van der Waals surface area contributed by atoms with Crippen molar-refractivity contribution in [2.24, 2.45) is 4.99 Å². The Morgan fingerprint density at radius 1 is 0.935 bits per heavy atom. The number of hydrogen-bond donors (Lipinski definition) is 1. The lowest BCUT2D eigenvalue weighted by Gasteiger charge is -2.33. The van der Waals surface area contributed by atoms with E-state index in [0.29, 0.717) is 17.7 Å². The molecule has 3 aromatic rings. The van der Waals surface area contributed by atoms with Crippen LogP contribution in [0.2, 0.25) is 0 Å². The lowest BCUT2D eigenvalue weighted by Crippen LogP contribution is -2.34. The van der Waals surface area contributed by atoms with E-state index in [4.69, 9.17) is 13.0 Å². The smallest absolute Gasteiger partial charge is 0.183 e. The second kappa shape index (κ2) is 8.98. The summed E-state index contributed by atoms with van der Waals surface area (Å²) in [6, 6.07) is 27.9. The fourth-order valence-corrected chi connectivity index (χ4v) is 6.22. The Kier molecular flexibility index (Phi) is 5.94. The molecular formula is C26H27BN3P. The van der Waals surface area contributed by atoms with Crippen LogP contribution >= 0.6 is 8.58 Å². The predicted molar refractivity (Wildman–Crippen MR) is 134 cm³/mol. The van der Waals surface area contributed by atoms with E-state index in [0.717, 1.165) is 50.2 Å². The van der Waals surface area contributed by atoms with Gasteiger partial charge in [-0.25, -0.2) is 4.99 Å². The van der Waals surface area contributed by atoms with Crippen LogP contribution in [-0.4, -0.2) is 36.6 Å². The Bertz CT molecular complexity index is 1030. The van der Waals surface area contributed by atoms with Gasteiger partial charge in [0, 0.05) is 23.3 Å². The van der Waals surface area contributed by atoms with Gasteiger partial charge in [-0.2, -0.15) is 0 Å². The molecule has 2 aliphatic heterocycles. The minimum absolute atomic E-state index is 0.432. The summed E-state index contributed by atoms with van der Waals surface area (Å²) in [6.07, 6.45) is 3.22. The number of nitrogens with zero attached hydrogens (tertiary/aromatic N) is 2. The number of hydrogen-bond acceptors (Lipinski definition) is 3. The van der Waals surface area contributed by atoms with Gasteiger partial charge in [0.2, 0.25) is 0 Å². The molecule has 0 spiro atoms. The van der Waals surface area contributed by atoms with E-state index in [-0.39, 0.29) is 0 Å². The van der Waals surface area contributed by atoms with Gasteiger partial charge in [0.25, 0.3) is 0 Å². The van der Waals surface area contributed by atoms with Crippen molar-refractivity contribution in [1.82, 2.24) is 4.81 Å². The zero-order valence-electron chi connectivity index (χ0n) is 17.8. The van der Waals surface area contributed by atoms with E-state index in [1.807, 2.05) is 16.9 Å². The van der Waals surface area contributed by atoms with Crippen molar-refractivity contribution < 1.29 is 0 Å². The molecule has 0 amide bonds. The number of rotatable bonds is 3. The summed E-state index contributed by atoms with van der Waals surface area (Å²) in [7, 11) is 7.02. The number of aliphatic imine (C=N–C) groups is 1. The van der Waals surface area contributed by atoms with Crippen molar-refractivity contribution >= 4 is 33.6 Å². The molecule has 154 valence electrons. The van der Waals surface area contributed by atoms with E-state index in [1.165, 1.54) is 11.3 Å². The molecule has 0 saturated carbocycles. The van der Waals surface area contributed by atoms with Crippen LogP contribution in [-0.2, 0) is 0 Å². The first-order valence-corrected chi connectivity index (χ1v) is 12.3. The van der Waals surface area contributed by atoms with E-state index < -0.39 is 0 Å². The second-order valence-electron chi connectivity index (χ2n) is 8.47. The molecule has 1 saturated heterocycles. The number of benzene rings is 3. The molecule has 31 heavy (non-hydrogen) atoms. The number of fused-ring (bicyclic) bond motifs is 3. The maximum absolute atomic E-state index is 6.25. The SMILES string of the molecule is [B]N1CP[C@@H]2Nc3c(N=C(c4ccccc4)c4ccccc4)cccc3[C@@H]2CCC1C. The number of nitrogens with one attached hydrogen (secondary N) is 1. The molecule has 1 N–H and O–H groups in total. The third-order valence-corrected chi connectivity index (χ3v) is 7.99. The monoisotopic (exact) mass is 423 g/mol. The van der Waals surface area contributed by atoms with E-state index >= 15 is 0 Å². The maximum Gasteiger partial charge on any atom is 0.183 e. The molecule has 3 nitrogen and oxygen atoms in total. The molecule has 3 aromatic carbocycles. The summed E-state index contributed by atoms with van der Waals surface area (Å²) in [6.45, 7) is 2.24. The van der Waals surface area contributed by atoms with Gasteiger partial charge >= 0.3 is 0 Å². The lowest BCUT2D eigenvalue weighted by molar-refractivity contribution is 0.357. The Balaban J connectivity index is 1.56. The fourth-order valence-electron chi connectivity index (χ4n) is 4.62. The van der Waals surface area contributed by atoms with Gasteiger partial charge < -0.3 is 10.1 Å². The summed E-state index contributed by atoms with van der Waals surface area (Å²) in [5.41, 5.74) is 6.90. The summed E-state index contributed by atoms with van der Waals surface area (Å²) in [5.74, 6) is 0.985.